The van der Waals surface area contributed by atoms with E-state index in [2.05, 4.69) is 5.32 Å². The van der Waals surface area contributed by atoms with Crippen LogP contribution in [-0.4, -0.2) is 19.0 Å². The topological polar surface area (TPSA) is 88.4 Å². The van der Waals surface area contributed by atoms with Crippen LogP contribution in [0.25, 0.3) is 6.08 Å². The van der Waals surface area contributed by atoms with Gasteiger partial charge in [-0.15, -0.1) is 0 Å². The fraction of sp³-hybridized carbons (Fsp3) is 0.0417. The number of esters is 1. The predicted octanol–water partition coefficient (Wildman–Crippen LogP) is 5.77. The molecule has 0 saturated heterocycles. The molecule has 3 aromatic carbocycles. The van der Waals surface area contributed by atoms with Crippen molar-refractivity contribution in [2.75, 3.05) is 12.4 Å². The van der Waals surface area contributed by atoms with E-state index in [-0.39, 0.29) is 16.3 Å². The second-order valence-electron chi connectivity index (χ2n) is 6.44. The normalized spacial score (nSPS) is 10.8. The molecule has 32 heavy (non-hydrogen) atoms. The molecule has 160 valence electrons. The van der Waals surface area contributed by atoms with Crippen molar-refractivity contribution in [3.63, 3.8) is 0 Å². The van der Waals surface area contributed by atoms with Gasteiger partial charge in [0.25, 0.3) is 5.91 Å². The number of rotatable bonds is 6. The highest BCUT2D eigenvalue weighted by Gasteiger charge is 2.13. The average Bonchev–Trinajstić information content (AvgIpc) is 2.80. The summed E-state index contributed by atoms with van der Waals surface area (Å²) >= 11 is 12.1. The first-order chi connectivity index (χ1) is 15.4. The maximum atomic E-state index is 12.4. The van der Waals surface area contributed by atoms with Crippen LogP contribution >= 0.6 is 23.2 Å². The lowest BCUT2D eigenvalue weighted by molar-refractivity contribution is -0.112. The molecule has 0 atom stereocenters. The molecule has 6 nitrogen and oxygen atoms in total. The molecule has 0 aromatic heterocycles. The molecule has 0 heterocycles. The molecule has 1 N–H and O–H groups in total. The van der Waals surface area contributed by atoms with Crippen LogP contribution in [0.4, 0.5) is 5.69 Å². The van der Waals surface area contributed by atoms with Crippen LogP contribution < -0.4 is 14.8 Å². The Morgan fingerprint density at radius 3 is 2.28 bits per heavy atom. The van der Waals surface area contributed by atoms with E-state index in [0.29, 0.717) is 27.6 Å². The highest BCUT2D eigenvalue weighted by atomic mass is 35.5. The smallest absolute Gasteiger partial charge is 0.343 e. The molecule has 0 unspecified atom stereocenters. The number of nitrogens with zero attached hydrogens (tertiary/aromatic N) is 1. The SMILES string of the molecule is COc1ccc(C(=O)Oc2ccc(/C=C(\C#N)C(=O)Nc3ccc(Cl)cc3)cc2Cl)cc1. The second kappa shape index (κ2) is 10.5. The molecule has 0 bridgehead atoms. The molecule has 0 spiro atoms. The van der Waals surface area contributed by atoms with Crippen LogP contribution in [0.5, 0.6) is 11.5 Å². The van der Waals surface area contributed by atoms with Gasteiger partial charge in [0, 0.05) is 10.7 Å². The summed E-state index contributed by atoms with van der Waals surface area (Å²) in [4.78, 5) is 24.7. The molecule has 0 saturated carbocycles. The van der Waals surface area contributed by atoms with Crippen molar-refractivity contribution in [3.05, 3.63) is 93.5 Å². The van der Waals surface area contributed by atoms with Crippen LogP contribution in [-0.2, 0) is 4.79 Å². The van der Waals surface area contributed by atoms with E-state index in [1.54, 1.807) is 54.6 Å². The first-order valence-electron chi connectivity index (χ1n) is 9.24. The zero-order valence-corrected chi connectivity index (χ0v) is 18.3. The number of methoxy groups -OCH3 is 1. The average molecular weight is 467 g/mol. The number of nitriles is 1. The van der Waals surface area contributed by atoms with E-state index < -0.39 is 11.9 Å². The molecule has 1 amide bonds. The second-order valence-corrected chi connectivity index (χ2v) is 7.28. The van der Waals surface area contributed by atoms with Gasteiger partial charge in [0.15, 0.2) is 0 Å². The summed E-state index contributed by atoms with van der Waals surface area (Å²) < 4.78 is 10.4. The molecule has 0 aliphatic heterocycles. The lowest BCUT2D eigenvalue weighted by Crippen LogP contribution is -2.13. The molecular weight excluding hydrogens is 451 g/mol. The van der Waals surface area contributed by atoms with E-state index in [9.17, 15) is 14.9 Å². The summed E-state index contributed by atoms with van der Waals surface area (Å²) in [7, 11) is 1.53. The largest absolute Gasteiger partial charge is 0.497 e. The number of carbonyl (C=O) groups excluding carboxylic acids is 2. The van der Waals surface area contributed by atoms with Crippen molar-refractivity contribution in [1.29, 1.82) is 5.26 Å². The van der Waals surface area contributed by atoms with E-state index in [1.165, 1.54) is 25.3 Å². The summed E-state index contributed by atoms with van der Waals surface area (Å²) in [6.07, 6.45) is 1.38. The zero-order valence-electron chi connectivity index (χ0n) is 16.8. The maximum Gasteiger partial charge on any atom is 0.343 e. The third-order valence-corrected chi connectivity index (χ3v) is 4.81. The van der Waals surface area contributed by atoms with Crippen molar-refractivity contribution in [1.82, 2.24) is 0 Å². The highest BCUT2D eigenvalue weighted by Crippen LogP contribution is 2.27. The Labute approximate surface area is 194 Å². The Morgan fingerprint density at radius 1 is 1.00 bits per heavy atom. The zero-order chi connectivity index (χ0) is 23.1. The third-order valence-electron chi connectivity index (χ3n) is 4.26. The third kappa shape index (κ3) is 5.88. The molecule has 0 aliphatic rings. The Bertz CT molecular complexity index is 1210. The summed E-state index contributed by atoms with van der Waals surface area (Å²) in [5.74, 6) is -0.406. The molecule has 0 fully saturated rings. The number of anilines is 1. The first-order valence-corrected chi connectivity index (χ1v) is 9.99. The first kappa shape index (κ1) is 22.9. The van der Waals surface area contributed by atoms with Gasteiger partial charge in [-0.25, -0.2) is 4.79 Å². The van der Waals surface area contributed by atoms with Crippen molar-refractivity contribution in [2.45, 2.75) is 0 Å². The number of carbonyl (C=O) groups is 2. The summed E-state index contributed by atoms with van der Waals surface area (Å²) in [6, 6.07) is 19.3. The molecule has 8 heteroatoms. The number of ether oxygens (including phenoxy) is 2. The van der Waals surface area contributed by atoms with Gasteiger partial charge < -0.3 is 14.8 Å². The standard InChI is InChI=1S/C24H16Cl2N2O4/c1-31-20-9-3-16(4-10-20)24(30)32-22-11-2-15(13-21(22)26)12-17(14-27)23(29)28-19-7-5-18(25)6-8-19/h2-13H,1H3,(H,28,29)/b17-12+. The number of halogens is 2. The van der Waals surface area contributed by atoms with Crippen LogP contribution in [0, 0.1) is 11.3 Å². The lowest BCUT2D eigenvalue weighted by Gasteiger charge is -2.08. The number of hydrogen-bond donors (Lipinski definition) is 1. The Morgan fingerprint density at radius 2 is 1.69 bits per heavy atom. The Balaban J connectivity index is 1.73. The lowest BCUT2D eigenvalue weighted by atomic mass is 10.1. The van der Waals surface area contributed by atoms with Crippen LogP contribution in [0.1, 0.15) is 15.9 Å². The Kier molecular flexibility index (Phi) is 7.50. The number of nitrogens with one attached hydrogen (secondary N) is 1. The van der Waals surface area contributed by atoms with Crippen molar-refractivity contribution < 1.29 is 19.1 Å². The van der Waals surface area contributed by atoms with Gasteiger partial charge in [-0.3, -0.25) is 4.79 Å². The monoisotopic (exact) mass is 466 g/mol. The van der Waals surface area contributed by atoms with Crippen molar-refractivity contribution >= 4 is 46.8 Å². The summed E-state index contributed by atoms with van der Waals surface area (Å²) in [5, 5.41) is 12.7. The van der Waals surface area contributed by atoms with Crippen LogP contribution in [0.3, 0.4) is 0 Å². The van der Waals surface area contributed by atoms with E-state index in [0.717, 1.165) is 0 Å². The van der Waals surface area contributed by atoms with Gasteiger partial charge in [0.05, 0.1) is 17.7 Å². The minimum absolute atomic E-state index is 0.126. The maximum absolute atomic E-state index is 12.4. The fourth-order valence-corrected chi connectivity index (χ4v) is 2.98. The number of benzene rings is 3. The van der Waals surface area contributed by atoms with Crippen LogP contribution in [0.15, 0.2) is 72.3 Å². The number of hydrogen-bond acceptors (Lipinski definition) is 5. The van der Waals surface area contributed by atoms with Crippen LogP contribution in [0.2, 0.25) is 10.0 Å². The molecule has 0 radical (unpaired) electrons. The van der Waals surface area contributed by atoms with Gasteiger partial charge in [-0.05, 0) is 72.3 Å². The molecule has 3 aromatic rings. The molecule has 3 rings (SSSR count). The van der Waals surface area contributed by atoms with E-state index in [1.807, 2.05) is 6.07 Å². The predicted molar refractivity (Wildman–Crippen MR) is 123 cm³/mol. The van der Waals surface area contributed by atoms with Crippen molar-refractivity contribution in [3.8, 4) is 17.6 Å². The van der Waals surface area contributed by atoms with E-state index >= 15 is 0 Å². The summed E-state index contributed by atoms with van der Waals surface area (Å²) in [6.45, 7) is 0. The Hall–Kier alpha value is -3.79. The van der Waals surface area contributed by atoms with Gasteiger partial charge in [0.2, 0.25) is 0 Å². The summed E-state index contributed by atoms with van der Waals surface area (Å²) in [5.41, 5.74) is 1.19. The quantitative estimate of drug-likeness (QED) is 0.215. The molecular formula is C24H16Cl2N2O4. The number of amides is 1. The minimum atomic E-state index is -0.585. The van der Waals surface area contributed by atoms with Gasteiger partial charge in [-0.2, -0.15) is 5.26 Å². The highest BCUT2D eigenvalue weighted by molar-refractivity contribution is 6.32. The van der Waals surface area contributed by atoms with Crippen molar-refractivity contribution in [2.24, 2.45) is 0 Å². The fourth-order valence-electron chi connectivity index (χ4n) is 2.62. The molecule has 0 aliphatic carbocycles. The van der Waals surface area contributed by atoms with Gasteiger partial charge >= 0.3 is 5.97 Å². The van der Waals surface area contributed by atoms with E-state index in [4.69, 9.17) is 32.7 Å². The van der Waals surface area contributed by atoms with Gasteiger partial charge in [-0.1, -0.05) is 29.3 Å². The van der Waals surface area contributed by atoms with Gasteiger partial charge in [0.1, 0.15) is 23.1 Å². The minimum Gasteiger partial charge on any atom is -0.497 e.